The summed E-state index contributed by atoms with van der Waals surface area (Å²) in [5, 5.41) is 6.29. The number of aromatic amines is 1. The van der Waals surface area contributed by atoms with Crippen molar-refractivity contribution in [1.82, 2.24) is 49.7 Å². The molecule has 15 nitrogen and oxygen atoms in total. The molecule has 8 aromatic heterocycles. The number of nitrogens with zero attached hydrogens (tertiary/aromatic N) is 9. The Morgan fingerprint density at radius 1 is 0.439 bits per heavy atom. The van der Waals surface area contributed by atoms with E-state index in [9.17, 15) is 0 Å². The third-order valence-corrected chi connectivity index (χ3v) is 14.4. The molecule has 0 aliphatic rings. The van der Waals surface area contributed by atoms with Crippen LogP contribution in [-0.4, -0.2) is 49.7 Å². The molecule has 0 aliphatic carbocycles. The molecule has 0 spiro atoms. The summed E-state index contributed by atoms with van der Waals surface area (Å²) in [6.07, 6.45) is 1.93. The average Bonchev–Trinajstić information content (AvgIpc) is 4.41. The SMILES string of the molecule is CC(C)(C)c1cccc(OCc2nc3ccccc3[nH]2)n1.CC(C)(C)c1cccc(OCc2nc3ccccc3o2)n1.CC(C)(C)c1cccc(OCc2nc3ccccc3s2)n1.CC(C)n1ccc(OCc2nc3ccccc3s2)n1. The molecular weight excluding hydrogens is 1060 g/mol. The fourth-order valence-electron chi connectivity index (χ4n) is 7.99. The average molecular weight is 1140 g/mol. The monoisotopic (exact) mass is 1130 g/mol. The number of aromatic nitrogens is 10. The fraction of sp³-hybridized carbons (Fsp3) is 0.292. The molecule has 12 rings (SSSR count). The van der Waals surface area contributed by atoms with Crippen LogP contribution in [0.3, 0.4) is 0 Å². The number of hydrogen-bond donors (Lipinski definition) is 1. The second-order valence-electron chi connectivity index (χ2n) is 22.6. The number of hydrogen-bond acceptors (Lipinski definition) is 15. The first kappa shape index (κ1) is 58.1. The van der Waals surface area contributed by atoms with Gasteiger partial charge in [0, 0.05) is 69.8 Å². The van der Waals surface area contributed by atoms with Crippen LogP contribution in [0, 0.1) is 0 Å². The minimum Gasteiger partial charge on any atom is -0.470 e. The van der Waals surface area contributed by atoms with E-state index in [0.29, 0.717) is 55.3 Å². The smallest absolute Gasteiger partial charge is 0.233 e. The highest BCUT2D eigenvalue weighted by Crippen LogP contribution is 2.28. The van der Waals surface area contributed by atoms with E-state index in [1.165, 1.54) is 9.40 Å². The number of fused-ring (bicyclic) bond motifs is 4. The zero-order chi connectivity index (χ0) is 57.9. The number of nitrogens with one attached hydrogen (secondary N) is 1. The minimum absolute atomic E-state index is 0.00299. The number of para-hydroxylation sites is 6. The van der Waals surface area contributed by atoms with Gasteiger partial charge in [0.05, 0.1) is 31.5 Å². The number of thiazole rings is 2. The number of pyridine rings is 3. The highest BCUT2D eigenvalue weighted by molar-refractivity contribution is 7.18. The van der Waals surface area contributed by atoms with Gasteiger partial charge in [-0.1, -0.05) is 129 Å². The van der Waals surface area contributed by atoms with E-state index < -0.39 is 0 Å². The van der Waals surface area contributed by atoms with Gasteiger partial charge in [-0.15, -0.1) is 27.8 Å². The molecule has 422 valence electrons. The predicted octanol–water partition coefficient (Wildman–Crippen LogP) is 16.2. The normalized spacial score (nSPS) is 11.7. The van der Waals surface area contributed by atoms with Crippen molar-refractivity contribution in [2.75, 3.05) is 0 Å². The summed E-state index contributed by atoms with van der Waals surface area (Å²) >= 11 is 3.32. The molecule has 1 N–H and O–H groups in total. The maximum absolute atomic E-state index is 5.79. The van der Waals surface area contributed by atoms with Crippen molar-refractivity contribution in [3.05, 3.63) is 203 Å². The Morgan fingerprint density at radius 3 is 1.37 bits per heavy atom. The van der Waals surface area contributed by atoms with Gasteiger partial charge in [-0.25, -0.2) is 34.9 Å². The largest absolute Gasteiger partial charge is 0.470 e. The molecule has 0 atom stereocenters. The molecule has 0 saturated heterocycles. The minimum atomic E-state index is -0.00299. The molecular formula is C65H70N10O5S2. The van der Waals surface area contributed by atoms with Crippen LogP contribution in [0.1, 0.15) is 121 Å². The molecule has 0 amide bonds. The van der Waals surface area contributed by atoms with Gasteiger partial charge >= 0.3 is 0 Å². The fourth-order valence-corrected chi connectivity index (χ4v) is 9.75. The maximum Gasteiger partial charge on any atom is 0.233 e. The molecule has 12 aromatic rings. The summed E-state index contributed by atoms with van der Waals surface area (Å²) in [6.45, 7) is 25.0. The Bertz CT molecular complexity index is 3540. The lowest BCUT2D eigenvalue weighted by Gasteiger charge is -2.18. The standard InChI is InChI=1S/C17H19N3O.C17H18N2O2.C17H18N2OS.C14H15N3OS/c1-17(2,3)14-9-6-10-16(20-14)21-11-15-18-12-7-4-5-8-13(12)19-15;2*1-17(2,3)14-9-6-10-15(19-14)20-11-16-18-12-7-4-5-8-13(12)21-16;1-10(2)17-8-7-13(16-17)18-9-14-15-11-5-3-4-6-12(11)19-14/h4-10H,11H2,1-3H3,(H,18,19);2*4-10H,11H2,1-3H3;3-8,10H,9H2,1-2H3. The summed E-state index contributed by atoms with van der Waals surface area (Å²) in [5.74, 6) is 3.88. The van der Waals surface area contributed by atoms with Crippen LogP contribution in [0.2, 0.25) is 0 Å². The molecule has 0 saturated carbocycles. The Hall–Kier alpha value is -8.54. The van der Waals surface area contributed by atoms with Gasteiger partial charge in [0.1, 0.15) is 41.2 Å². The van der Waals surface area contributed by atoms with Gasteiger partial charge in [0.25, 0.3) is 0 Å². The quantitative estimate of drug-likeness (QED) is 0.116. The van der Waals surface area contributed by atoms with Crippen molar-refractivity contribution >= 4 is 65.2 Å². The topological polar surface area (TPSA) is 174 Å². The highest BCUT2D eigenvalue weighted by Gasteiger charge is 2.19. The van der Waals surface area contributed by atoms with Gasteiger partial charge in [-0.05, 0) is 80.6 Å². The number of imidazole rings is 1. The van der Waals surface area contributed by atoms with Crippen molar-refractivity contribution in [3.63, 3.8) is 0 Å². The molecule has 8 heterocycles. The summed E-state index contributed by atoms with van der Waals surface area (Å²) in [7, 11) is 0. The van der Waals surface area contributed by atoms with Crippen molar-refractivity contribution < 1.29 is 23.4 Å². The second kappa shape index (κ2) is 25.9. The molecule has 0 unspecified atom stereocenters. The van der Waals surface area contributed by atoms with Gasteiger partial charge in [-0.3, -0.25) is 4.68 Å². The number of oxazole rings is 1. The van der Waals surface area contributed by atoms with Crippen LogP contribution in [0.25, 0.3) is 42.6 Å². The molecule has 0 radical (unpaired) electrons. The van der Waals surface area contributed by atoms with Crippen LogP contribution in [-0.2, 0) is 42.7 Å². The zero-order valence-electron chi connectivity index (χ0n) is 48.4. The molecule has 4 aromatic carbocycles. The summed E-state index contributed by atoms with van der Waals surface area (Å²) in [5.41, 5.74) is 8.72. The van der Waals surface area contributed by atoms with Crippen LogP contribution >= 0.6 is 22.7 Å². The lowest BCUT2D eigenvalue weighted by Crippen LogP contribution is -2.13. The van der Waals surface area contributed by atoms with E-state index in [1.54, 1.807) is 22.7 Å². The molecule has 17 heteroatoms. The van der Waals surface area contributed by atoms with E-state index in [1.807, 2.05) is 156 Å². The molecule has 82 heavy (non-hydrogen) atoms. The van der Waals surface area contributed by atoms with E-state index in [4.69, 9.17) is 23.4 Å². The van der Waals surface area contributed by atoms with Crippen molar-refractivity contribution in [3.8, 4) is 23.5 Å². The van der Waals surface area contributed by atoms with E-state index in [-0.39, 0.29) is 22.9 Å². The Kier molecular flexibility index (Phi) is 18.4. The lowest BCUT2D eigenvalue weighted by atomic mass is 9.92. The van der Waals surface area contributed by atoms with Crippen LogP contribution in [0.15, 0.2) is 168 Å². The third-order valence-electron chi connectivity index (χ3n) is 12.4. The number of benzene rings is 4. The first-order valence-corrected chi connectivity index (χ1v) is 28.9. The van der Waals surface area contributed by atoms with Gasteiger partial charge in [0.2, 0.25) is 29.4 Å². The number of ether oxygens (including phenoxy) is 4. The van der Waals surface area contributed by atoms with Crippen molar-refractivity contribution in [2.45, 2.75) is 125 Å². The Balaban J connectivity index is 0.000000132. The highest BCUT2D eigenvalue weighted by atomic mass is 32.1. The Labute approximate surface area is 486 Å². The third kappa shape index (κ3) is 16.1. The van der Waals surface area contributed by atoms with E-state index >= 15 is 0 Å². The summed E-state index contributed by atoms with van der Waals surface area (Å²) < 4.78 is 32.8. The molecule has 0 fully saturated rings. The first-order valence-electron chi connectivity index (χ1n) is 27.2. The number of rotatable bonds is 13. The summed E-state index contributed by atoms with van der Waals surface area (Å²) in [6, 6.07) is 51.7. The van der Waals surface area contributed by atoms with Gasteiger partial charge < -0.3 is 28.3 Å². The number of H-pyrrole nitrogens is 1. The lowest BCUT2D eigenvalue weighted by molar-refractivity contribution is 0.256. The summed E-state index contributed by atoms with van der Waals surface area (Å²) in [4.78, 5) is 34.8. The van der Waals surface area contributed by atoms with E-state index in [0.717, 1.165) is 66.1 Å². The van der Waals surface area contributed by atoms with Crippen LogP contribution < -0.4 is 18.9 Å². The Morgan fingerprint density at radius 2 is 0.890 bits per heavy atom. The second-order valence-corrected chi connectivity index (χ2v) is 24.9. The molecule has 0 aliphatic heterocycles. The molecule has 0 bridgehead atoms. The van der Waals surface area contributed by atoms with Crippen LogP contribution in [0.4, 0.5) is 0 Å². The predicted molar refractivity (Wildman–Crippen MR) is 328 cm³/mol. The first-order chi connectivity index (χ1) is 39.3. The van der Waals surface area contributed by atoms with Gasteiger partial charge in [0.15, 0.2) is 12.2 Å². The van der Waals surface area contributed by atoms with Gasteiger partial charge in [-0.2, -0.15) is 0 Å². The maximum atomic E-state index is 5.79. The van der Waals surface area contributed by atoms with Crippen molar-refractivity contribution in [1.29, 1.82) is 0 Å². The zero-order valence-corrected chi connectivity index (χ0v) is 50.0. The van der Waals surface area contributed by atoms with E-state index in [2.05, 4.69) is 133 Å². The van der Waals surface area contributed by atoms with Crippen molar-refractivity contribution in [2.24, 2.45) is 0 Å². The van der Waals surface area contributed by atoms with Crippen LogP contribution in [0.5, 0.6) is 23.5 Å².